The van der Waals surface area contributed by atoms with Gasteiger partial charge >= 0.3 is 12.1 Å². The number of carbonyl (C=O) groups is 3. The van der Waals surface area contributed by atoms with Crippen LogP contribution < -0.4 is 9.64 Å². The Morgan fingerprint density at radius 1 is 1.00 bits per heavy atom. The topological polar surface area (TPSA) is 134 Å². The Kier molecular flexibility index (Phi) is 8.99. The fourth-order valence-corrected chi connectivity index (χ4v) is 7.21. The first kappa shape index (κ1) is 32.9. The maximum atomic E-state index is 13.3. The lowest BCUT2D eigenvalue weighted by atomic mass is 9.93. The number of carboxylic acid groups (broad SMARTS) is 1. The van der Waals surface area contributed by atoms with Gasteiger partial charge in [0.05, 0.1) is 24.5 Å². The second-order valence-corrected chi connectivity index (χ2v) is 13.5. The van der Waals surface area contributed by atoms with Crippen molar-refractivity contribution in [3.8, 4) is 16.9 Å². The summed E-state index contributed by atoms with van der Waals surface area (Å²) >= 11 is 12.7. The minimum absolute atomic E-state index is 0.0131. The zero-order chi connectivity index (χ0) is 34.4. The van der Waals surface area contributed by atoms with Crippen molar-refractivity contribution >= 4 is 46.9 Å². The number of ether oxygens (including phenoxy) is 2. The number of carboxylic acids is 1. The number of likely N-dealkylation sites (tertiary alicyclic amines) is 1. The Balaban J connectivity index is 1.05. The molecular weight excluding hydrogens is 671 g/mol. The van der Waals surface area contributed by atoms with Crippen LogP contribution in [0.25, 0.3) is 11.1 Å². The van der Waals surface area contributed by atoms with Crippen LogP contribution in [-0.2, 0) is 16.1 Å². The van der Waals surface area contributed by atoms with Gasteiger partial charge in [-0.05, 0) is 78.3 Å². The maximum absolute atomic E-state index is 13.3. The van der Waals surface area contributed by atoms with Crippen molar-refractivity contribution in [2.45, 2.75) is 44.4 Å². The van der Waals surface area contributed by atoms with Gasteiger partial charge in [-0.15, -0.1) is 0 Å². The molecule has 1 aromatic heterocycles. The van der Waals surface area contributed by atoms with Crippen molar-refractivity contribution in [1.82, 2.24) is 14.7 Å². The first-order valence-corrected chi connectivity index (χ1v) is 16.8. The van der Waals surface area contributed by atoms with Crippen LogP contribution >= 0.6 is 23.2 Å². The van der Waals surface area contributed by atoms with Crippen LogP contribution in [0.4, 0.5) is 10.5 Å². The van der Waals surface area contributed by atoms with Crippen LogP contribution in [0.5, 0.6) is 5.75 Å². The molecular formula is C36H34Cl2N4O7. The normalized spacial score (nSPS) is 20.8. The van der Waals surface area contributed by atoms with Gasteiger partial charge in [-0.2, -0.15) is 5.10 Å². The number of aliphatic hydroxyl groups excluding tert-OH is 1. The molecule has 4 aromatic rings. The van der Waals surface area contributed by atoms with E-state index in [1.807, 2.05) is 43.5 Å². The number of hydrogen-bond donors (Lipinski definition) is 2. The lowest BCUT2D eigenvalue weighted by Gasteiger charge is -2.29. The predicted octanol–water partition coefficient (Wildman–Crippen LogP) is 6.01. The highest BCUT2D eigenvalue weighted by atomic mass is 35.5. The fraction of sp³-hybridized carbons (Fsp3) is 0.333. The zero-order valence-corrected chi connectivity index (χ0v) is 28.1. The molecule has 0 radical (unpaired) electrons. The van der Waals surface area contributed by atoms with Crippen molar-refractivity contribution in [2.75, 3.05) is 31.2 Å². The van der Waals surface area contributed by atoms with E-state index in [1.165, 1.54) is 4.90 Å². The number of amides is 2. The molecule has 7 rings (SSSR count). The molecule has 4 atom stereocenters. The number of β-amino-alcohol motifs (C(OH)–C–C–N with tert-alkyl or cyclic N) is 1. The summed E-state index contributed by atoms with van der Waals surface area (Å²) < 4.78 is 13.2. The zero-order valence-electron chi connectivity index (χ0n) is 26.6. The number of nitrogens with zero attached hydrogens (tertiary/aromatic N) is 4. The lowest BCUT2D eigenvalue weighted by molar-refractivity contribution is -0.141. The fourth-order valence-electron chi connectivity index (χ4n) is 6.87. The summed E-state index contributed by atoms with van der Waals surface area (Å²) in [5.74, 6) is -0.303. The van der Waals surface area contributed by atoms with E-state index in [2.05, 4.69) is 5.10 Å². The van der Waals surface area contributed by atoms with Gasteiger partial charge in [0.25, 0.3) is 5.91 Å². The van der Waals surface area contributed by atoms with E-state index in [1.54, 1.807) is 40.0 Å². The van der Waals surface area contributed by atoms with Gasteiger partial charge in [-0.3, -0.25) is 14.4 Å². The molecule has 3 aromatic carbocycles. The number of rotatable bonds is 9. The minimum Gasteiger partial charge on any atom is -0.490 e. The Hall–Kier alpha value is -4.58. The third-order valence-corrected chi connectivity index (χ3v) is 10.3. The molecule has 1 saturated heterocycles. The molecule has 2 aliphatic heterocycles. The molecule has 2 fully saturated rings. The second-order valence-electron chi connectivity index (χ2n) is 12.7. The van der Waals surface area contributed by atoms with Crippen LogP contribution in [0.15, 0.2) is 67.0 Å². The third kappa shape index (κ3) is 6.58. The quantitative estimate of drug-likeness (QED) is 0.202. The average molecular weight is 706 g/mol. The molecule has 0 spiro atoms. The van der Waals surface area contributed by atoms with Crippen LogP contribution in [0, 0.1) is 12.8 Å². The van der Waals surface area contributed by atoms with Crippen LogP contribution in [0.1, 0.15) is 45.8 Å². The Labute approximate surface area is 292 Å². The average Bonchev–Trinajstić information content (AvgIpc) is 3.54. The number of benzene rings is 3. The van der Waals surface area contributed by atoms with Crippen LogP contribution in [0.3, 0.4) is 0 Å². The molecule has 1 saturated carbocycles. The van der Waals surface area contributed by atoms with Crippen LogP contribution in [0.2, 0.25) is 10.0 Å². The number of hydrogen-bond acceptors (Lipinski definition) is 7. The van der Waals surface area contributed by atoms with E-state index in [-0.39, 0.29) is 38.3 Å². The summed E-state index contributed by atoms with van der Waals surface area (Å²) in [6.45, 7) is 2.97. The number of anilines is 1. The number of aromatic nitrogens is 2. The minimum atomic E-state index is -1.15. The number of aliphatic hydroxyl groups is 1. The van der Waals surface area contributed by atoms with Gasteiger partial charge in [0.2, 0.25) is 0 Å². The largest absolute Gasteiger partial charge is 0.490 e. The van der Waals surface area contributed by atoms with Crippen molar-refractivity contribution in [1.29, 1.82) is 0 Å². The van der Waals surface area contributed by atoms with E-state index in [9.17, 15) is 24.6 Å². The monoisotopic (exact) mass is 704 g/mol. The molecule has 3 aliphatic rings. The summed E-state index contributed by atoms with van der Waals surface area (Å²) in [5.41, 5.74) is 5.51. The first-order chi connectivity index (χ1) is 23.6. The highest BCUT2D eigenvalue weighted by Crippen LogP contribution is 2.57. The van der Waals surface area contributed by atoms with Gasteiger partial charge < -0.3 is 24.6 Å². The van der Waals surface area contributed by atoms with E-state index in [0.717, 1.165) is 34.4 Å². The Bertz CT molecular complexity index is 1950. The van der Waals surface area contributed by atoms with Gasteiger partial charge in [0, 0.05) is 52.4 Å². The van der Waals surface area contributed by atoms with E-state index in [0.29, 0.717) is 39.7 Å². The molecule has 11 nitrogen and oxygen atoms in total. The van der Waals surface area contributed by atoms with Crippen molar-refractivity contribution in [3.05, 3.63) is 99.3 Å². The molecule has 2 N–H and O–H groups in total. The molecule has 0 bridgehead atoms. The molecule has 49 heavy (non-hydrogen) atoms. The Morgan fingerprint density at radius 2 is 1.82 bits per heavy atom. The summed E-state index contributed by atoms with van der Waals surface area (Å²) in [6, 6.07) is 15.0. The van der Waals surface area contributed by atoms with Gasteiger partial charge in [-0.1, -0.05) is 41.4 Å². The predicted molar refractivity (Wildman–Crippen MR) is 183 cm³/mol. The highest BCUT2D eigenvalue weighted by Gasteiger charge is 2.48. The highest BCUT2D eigenvalue weighted by molar-refractivity contribution is 6.31. The molecule has 2 amide bonds. The summed E-state index contributed by atoms with van der Waals surface area (Å²) in [4.78, 5) is 41.1. The lowest BCUT2D eigenvalue weighted by Crippen LogP contribution is -2.40. The molecule has 3 heterocycles. The third-order valence-electron chi connectivity index (χ3n) is 9.48. The summed E-state index contributed by atoms with van der Waals surface area (Å²) in [5, 5.41) is 25.2. The van der Waals surface area contributed by atoms with Crippen LogP contribution in [-0.4, -0.2) is 81.3 Å². The number of halogens is 2. The van der Waals surface area contributed by atoms with E-state index >= 15 is 0 Å². The smallest absolute Gasteiger partial charge is 0.414 e. The van der Waals surface area contributed by atoms with Gasteiger partial charge in [0.1, 0.15) is 25.0 Å². The number of carbonyl (C=O) groups excluding carboxylic acids is 2. The molecule has 254 valence electrons. The number of fused-ring (bicyclic) bond motifs is 3. The van der Waals surface area contributed by atoms with E-state index < -0.39 is 30.1 Å². The second kappa shape index (κ2) is 13.4. The number of aliphatic carboxylic acids is 1. The van der Waals surface area contributed by atoms with Crippen molar-refractivity contribution < 1.29 is 34.1 Å². The van der Waals surface area contributed by atoms with Gasteiger partial charge in [-0.25, -0.2) is 9.59 Å². The van der Waals surface area contributed by atoms with Crippen molar-refractivity contribution in [2.24, 2.45) is 5.92 Å². The summed E-state index contributed by atoms with van der Waals surface area (Å²) in [6.07, 6.45) is 3.32. The van der Waals surface area contributed by atoms with Crippen molar-refractivity contribution in [3.63, 3.8) is 0 Å². The standard InChI is InChI=1S/C36H34Cl2N4O7/c1-20-28(37)5-3-7-32(20)48-10-11-49-36(47)42-18-22-13-27(22)33-26(4-2-6-30(33)42)24-15-39-40(17-24)16-23-12-21(8-9-29(23)38)34(44)41-19-25(43)14-31(41)35(45)46/h2-9,12,15,17,22,25,27,31,43H,10-11,13-14,16,18-19H2,1H3,(H,45,46)/t22-,25-,27-,31?/m0/s1. The molecule has 1 unspecified atom stereocenters. The van der Waals surface area contributed by atoms with E-state index in [4.69, 9.17) is 32.7 Å². The Morgan fingerprint density at radius 3 is 2.63 bits per heavy atom. The molecule has 13 heteroatoms. The first-order valence-electron chi connectivity index (χ1n) is 16.1. The SMILES string of the molecule is Cc1c(Cl)cccc1OCCOC(=O)N1C[C@@H]2C[C@@H]2c2c(-c3cnn(Cc4cc(C(=O)N5C[C@@H](O)CC5C(=O)O)ccc4Cl)c3)cccc21. The van der Waals surface area contributed by atoms with Gasteiger partial charge in [0.15, 0.2) is 0 Å². The summed E-state index contributed by atoms with van der Waals surface area (Å²) in [7, 11) is 0. The maximum Gasteiger partial charge on any atom is 0.414 e. The molecule has 1 aliphatic carbocycles.